The molecule has 0 N–H and O–H groups in total. The van der Waals surface area contributed by atoms with Gasteiger partial charge in [-0.05, 0) is 43.2 Å². The van der Waals surface area contributed by atoms with Crippen molar-refractivity contribution >= 4 is 17.6 Å². The minimum Gasteiger partial charge on any atom is -0.463 e. The number of ether oxygens (including phenoxy) is 2. The summed E-state index contributed by atoms with van der Waals surface area (Å²) in [5.74, 6) is -0.714. The molecule has 2 atom stereocenters. The van der Waals surface area contributed by atoms with E-state index in [0.29, 0.717) is 17.7 Å². The van der Waals surface area contributed by atoms with E-state index >= 15 is 0 Å². The highest BCUT2D eigenvalue weighted by Gasteiger charge is 2.75. The monoisotopic (exact) mass is 362 g/mol. The molecular formula is C21H18N2O4. The van der Waals surface area contributed by atoms with Crippen LogP contribution in [0.25, 0.3) is 0 Å². The summed E-state index contributed by atoms with van der Waals surface area (Å²) in [4.78, 5) is 26.5. The number of nitrogens with zero attached hydrogens (tertiary/aromatic N) is 2. The van der Waals surface area contributed by atoms with Gasteiger partial charge in [-0.2, -0.15) is 5.26 Å². The summed E-state index contributed by atoms with van der Waals surface area (Å²) < 4.78 is 10.6. The lowest BCUT2D eigenvalue weighted by Crippen LogP contribution is -2.32. The van der Waals surface area contributed by atoms with Crippen LogP contribution in [0.2, 0.25) is 0 Å². The van der Waals surface area contributed by atoms with Gasteiger partial charge < -0.3 is 14.4 Å². The Balaban J connectivity index is 1.59. The van der Waals surface area contributed by atoms with Gasteiger partial charge in [-0.25, -0.2) is 4.79 Å². The number of benzene rings is 2. The van der Waals surface area contributed by atoms with Crippen molar-refractivity contribution in [1.29, 1.82) is 5.26 Å². The predicted octanol–water partition coefficient (Wildman–Crippen LogP) is 2.92. The fourth-order valence-electron chi connectivity index (χ4n) is 3.61. The molecule has 4 rings (SSSR count). The van der Waals surface area contributed by atoms with E-state index in [-0.39, 0.29) is 12.5 Å². The second-order valence-corrected chi connectivity index (χ2v) is 6.74. The number of hydrogen-bond acceptors (Lipinski definition) is 5. The maximum absolute atomic E-state index is 12.6. The van der Waals surface area contributed by atoms with Gasteiger partial charge in [0.05, 0.1) is 13.2 Å². The summed E-state index contributed by atoms with van der Waals surface area (Å²) in [6, 6.07) is 16.7. The van der Waals surface area contributed by atoms with Gasteiger partial charge in [0.2, 0.25) is 0 Å². The van der Waals surface area contributed by atoms with Crippen LogP contribution in [0.3, 0.4) is 0 Å². The SMILES string of the molecule is CCOC(=O)[C@@]1(C#N)O[C@@]1(C)c1ccc(N2Cc3ccccc3C2=O)cc1. The lowest BCUT2D eigenvalue weighted by Gasteiger charge is -2.17. The Kier molecular flexibility index (Phi) is 3.79. The van der Waals surface area contributed by atoms with Crippen LogP contribution < -0.4 is 4.90 Å². The van der Waals surface area contributed by atoms with E-state index in [1.807, 2.05) is 30.3 Å². The Morgan fingerprint density at radius 2 is 1.96 bits per heavy atom. The molecule has 136 valence electrons. The third kappa shape index (κ3) is 2.36. The van der Waals surface area contributed by atoms with E-state index in [1.165, 1.54) is 0 Å². The van der Waals surface area contributed by atoms with E-state index < -0.39 is 17.2 Å². The van der Waals surface area contributed by atoms with Crippen molar-refractivity contribution in [2.45, 2.75) is 31.6 Å². The second kappa shape index (κ2) is 5.93. The first kappa shape index (κ1) is 17.3. The average molecular weight is 362 g/mol. The van der Waals surface area contributed by atoms with E-state index in [9.17, 15) is 14.9 Å². The molecule has 2 aliphatic heterocycles. The van der Waals surface area contributed by atoms with Gasteiger partial charge in [0.15, 0.2) is 0 Å². The highest BCUT2D eigenvalue weighted by molar-refractivity contribution is 6.10. The molecule has 0 aliphatic carbocycles. The lowest BCUT2D eigenvalue weighted by atomic mass is 9.88. The number of fused-ring (bicyclic) bond motifs is 1. The fraction of sp³-hybridized carbons (Fsp3) is 0.286. The summed E-state index contributed by atoms with van der Waals surface area (Å²) in [5.41, 5.74) is 0.460. The standard InChI is InChI=1S/C21H18N2O4/c1-3-26-19(25)21(13-22)20(2,27-21)15-8-10-16(11-9-15)23-12-14-6-4-5-7-17(14)18(23)24/h4-11H,3,12H2,1-2H3/t20-,21+/m0/s1. The van der Waals surface area contributed by atoms with Gasteiger partial charge in [0.1, 0.15) is 11.7 Å². The number of esters is 1. The molecule has 0 aromatic heterocycles. The first-order chi connectivity index (χ1) is 13.0. The maximum Gasteiger partial charge on any atom is 0.357 e. The number of epoxide rings is 1. The molecule has 1 amide bonds. The summed E-state index contributed by atoms with van der Waals surface area (Å²) >= 11 is 0. The molecule has 2 aliphatic rings. The number of hydrogen-bond donors (Lipinski definition) is 0. The van der Waals surface area contributed by atoms with Crippen LogP contribution >= 0.6 is 0 Å². The summed E-state index contributed by atoms with van der Waals surface area (Å²) in [5, 5.41) is 9.48. The third-order valence-corrected chi connectivity index (χ3v) is 5.26. The number of rotatable bonds is 4. The summed E-state index contributed by atoms with van der Waals surface area (Å²) in [7, 11) is 0. The largest absolute Gasteiger partial charge is 0.463 e. The van der Waals surface area contributed by atoms with E-state index in [2.05, 4.69) is 0 Å². The molecule has 0 bridgehead atoms. The normalized spacial score (nSPS) is 25.7. The number of nitriles is 1. The Morgan fingerprint density at radius 3 is 2.59 bits per heavy atom. The van der Waals surface area contributed by atoms with Crippen molar-refractivity contribution in [1.82, 2.24) is 0 Å². The number of anilines is 1. The van der Waals surface area contributed by atoms with Crippen molar-refractivity contribution in [2.24, 2.45) is 0 Å². The highest BCUT2D eigenvalue weighted by atomic mass is 16.7. The molecule has 2 heterocycles. The number of carbonyl (C=O) groups is 2. The Morgan fingerprint density at radius 1 is 1.26 bits per heavy atom. The molecule has 6 nitrogen and oxygen atoms in total. The first-order valence-corrected chi connectivity index (χ1v) is 8.76. The minimum atomic E-state index is -1.62. The minimum absolute atomic E-state index is 0.0369. The third-order valence-electron chi connectivity index (χ3n) is 5.26. The van der Waals surface area contributed by atoms with Crippen molar-refractivity contribution < 1.29 is 19.1 Å². The predicted molar refractivity (Wildman–Crippen MR) is 96.8 cm³/mol. The quantitative estimate of drug-likeness (QED) is 0.617. The van der Waals surface area contributed by atoms with Crippen LogP contribution in [0, 0.1) is 11.3 Å². The molecule has 6 heteroatoms. The molecule has 0 spiro atoms. The van der Waals surface area contributed by atoms with Crippen LogP contribution in [0.1, 0.15) is 35.3 Å². The van der Waals surface area contributed by atoms with E-state index in [1.54, 1.807) is 43.0 Å². The van der Waals surface area contributed by atoms with Gasteiger partial charge in [0.25, 0.3) is 11.5 Å². The van der Waals surface area contributed by atoms with Crippen LogP contribution in [0.5, 0.6) is 0 Å². The average Bonchev–Trinajstić information content (AvgIpc) is 3.20. The van der Waals surface area contributed by atoms with Crippen molar-refractivity contribution in [3.63, 3.8) is 0 Å². The topological polar surface area (TPSA) is 82.9 Å². The van der Waals surface area contributed by atoms with Crippen LogP contribution in [0.15, 0.2) is 48.5 Å². The molecular weight excluding hydrogens is 344 g/mol. The molecule has 0 radical (unpaired) electrons. The molecule has 1 fully saturated rings. The smallest absolute Gasteiger partial charge is 0.357 e. The number of amides is 1. The van der Waals surface area contributed by atoms with Gasteiger partial charge >= 0.3 is 5.97 Å². The van der Waals surface area contributed by atoms with Crippen molar-refractivity contribution in [3.8, 4) is 6.07 Å². The number of carbonyl (C=O) groups excluding carboxylic acids is 2. The van der Waals surface area contributed by atoms with Crippen LogP contribution in [-0.4, -0.2) is 24.1 Å². The van der Waals surface area contributed by atoms with E-state index in [0.717, 1.165) is 11.3 Å². The van der Waals surface area contributed by atoms with Crippen molar-refractivity contribution in [3.05, 3.63) is 65.2 Å². The van der Waals surface area contributed by atoms with Gasteiger partial charge in [-0.1, -0.05) is 30.3 Å². The summed E-state index contributed by atoms with van der Waals surface area (Å²) in [6.45, 7) is 4.08. The van der Waals surface area contributed by atoms with Gasteiger partial charge in [-0.3, -0.25) is 4.79 Å². The Labute approximate surface area is 156 Å². The van der Waals surface area contributed by atoms with Gasteiger partial charge in [-0.15, -0.1) is 0 Å². The Hall–Kier alpha value is -3.17. The summed E-state index contributed by atoms with van der Waals surface area (Å²) in [6.07, 6.45) is 0. The lowest BCUT2D eigenvalue weighted by molar-refractivity contribution is -0.147. The second-order valence-electron chi connectivity index (χ2n) is 6.74. The fourth-order valence-corrected chi connectivity index (χ4v) is 3.61. The zero-order valence-electron chi connectivity index (χ0n) is 15.1. The highest BCUT2D eigenvalue weighted by Crippen LogP contribution is 2.56. The van der Waals surface area contributed by atoms with E-state index in [4.69, 9.17) is 9.47 Å². The first-order valence-electron chi connectivity index (χ1n) is 8.76. The molecule has 0 unspecified atom stereocenters. The molecule has 1 saturated heterocycles. The molecule has 2 aromatic rings. The van der Waals surface area contributed by atoms with Crippen LogP contribution in [-0.2, 0) is 26.4 Å². The van der Waals surface area contributed by atoms with Crippen LogP contribution in [0.4, 0.5) is 5.69 Å². The molecule has 2 aromatic carbocycles. The van der Waals surface area contributed by atoms with Gasteiger partial charge in [0, 0.05) is 11.3 Å². The molecule has 27 heavy (non-hydrogen) atoms. The van der Waals surface area contributed by atoms with Crippen molar-refractivity contribution in [2.75, 3.05) is 11.5 Å². The zero-order chi connectivity index (χ0) is 19.2. The molecule has 0 saturated carbocycles. The maximum atomic E-state index is 12.6. The Bertz CT molecular complexity index is 978. The zero-order valence-corrected chi connectivity index (χ0v) is 15.1.